The molecule has 1 heterocycles. The summed E-state index contributed by atoms with van der Waals surface area (Å²) in [4.78, 5) is 4.49. The number of nitrogens with one attached hydrogen (secondary N) is 1. The molecule has 0 radical (unpaired) electrons. The summed E-state index contributed by atoms with van der Waals surface area (Å²) in [6, 6.07) is 0.485. The van der Waals surface area contributed by atoms with Gasteiger partial charge in [-0.25, -0.2) is 4.98 Å². The summed E-state index contributed by atoms with van der Waals surface area (Å²) in [6.07, 6.45) is 5.51. The molecule has 2 rings (SSSR count). The first kappa shape index (κ1) is 12.1. The van der Waals surface area contributed by atoms with Crippen molar-refractivity contribution in [2.24, 2.45) is 11.8 Å². The van der Waals surface area contributed by atoms with Crippen LogP contribution in [0, 0.1) is 11.8 Å². The van der Waals surface area contributed by atoms with Crippen molar-refractivity contribution in [3.05, 3.63) is 16.6 Å². The molecule has 1 aliphatic carbocycles. The van der Waals surface area contributed by atoms with Crippen molar-refractivity contribution >= 4 is 11.3 Å². The number of thiazole rings is 1. The Kier molecular flexibility index (Phi) is 4.36. The third-order valence-electron chi connectivity index (χ3n) is 3.64. The largest absolute Gasteiger partial charge is 0.309 e. The fourth-order valence-electron chi connectivity index (χ4n) is 2.89. The van der Waals surface area contributed by atoms with E-state index in [1.54, 1.807) is 11.3 Å². The van der Waals surface area contributed by atoms with E-state index < -0.39 is 0 Å². The number of hydrogen-bond acceptors (Lipinski definition) is 3. The summed E-state index contributed by atoms with van der Waals surface area (Å²) in [7, 11) is 0. The van der Waals surface area contributed by atoms with Gasteiger partial charge in [-0.2, -0.15) is 0 Å². The maximum atomic E-state index is 4.49. The van der Waals surface area contributed by atoms with Gasteiger partial charge in [0.25, 0.3) is 0 Å². The average molecular weight is 238 g/mol. The predicted molar refractivity (Wildman–Crippen MR) is 69.7 cm³/mol. The van der Waals surface area contributed by atoms with Gasteiger partial charge in [0.1, 0.15) is 0 Å². The monoisotopic (exact) mass is 238 g/mol. The van der Waals surface area contributed by atoms with Crippen LogP contribution in [0.4, 0.5) is 0 Å². The van der Waals surface area contributed by atoms with Crippen LogP contribution in [-0.4, -0.2) is 11.5 Å². The predicted octanol–water partition coefficient (Wildman–Crippen LogP) is 3.62. The van der Waals surface area contributed by atoms with Gasteiger partial charge in [-0.1, -0.05) is 26.7 Å². The van der Waals surface area contributed by atoms with Gasteiger partial charge >= 0.3 is 0 Å². The van der Waals surface area contributed by atoms with E-state index in [1.807, 2.05) is 5.51 Å². The van der Waals surface area contributed by atoms with Crippen LogP contribution in [0.25, 0.3) is 0 Å². The zero-order valence-electron chi connectivity index (χ0n) is 10.3. The molecule has 1 aromatic heterocycles. The molecule has 0 saturated heterocycles. The second-order valence-corrected chi connectivity index (χ2v) is 5.70. The van der Waals surface area contributed by atoms with E-state index in [0.29, 0.717) is 6.04 Å². The van der Waals surface area contributed by atoms with E-state index in [9.17, 15) is 0 Å². The van der Waals surface area contributed by atoms with Crippen LogP contribution < -0.4 is 5.32 Å². The van der Waals surface area contributed by atoms with Crippen LogP contribution in [-0.2, 0) is 0 Å². The van der Waals surface area contributed by atoms with Crippen molar-refractivity contribution in [2.75, 3.05) is 6.54 Å². The molecule has 3 atom stereocenters. The van der Waals surface area contributed by atoms with Crippen LogP contribution in [0.3, 0.4) is 0 Å². The lowest BCUT2D eigenvalue weighted by Crippen LogP contribution is -2.31. The minimum absolute atomic E-state index is 0.485. The molecule has 0 aromatic carbocycles. The van der Waals surface area contributed by atoms with E-state index >= 15 is 0 Å². The van der Waals surface area contributed by atoms with Gasteiger partial charge in [0, 0.05) is 5.38 Å². The molecule has 0 bridgehead atoms. The highest BCUT2D eigenvalue weighted by molar-refractivity contribution is 7.07. The second-order valence-electron chi connectivity index (χ2n) is 4.98. The standard InChI is InChI=1S/C13H22N2S/c1-3-14-13(12-8-16-9-15-12)11-6-4-5-10(2)7-11/h8-11,13-14H,3-7H2,1-2H3. The maximum absolute atomic E-state index is 4.49. The molecule has 1 N–H and O–H groups in total. The lowest BCUT2D eigenvalue weighted by Gasteiger charge is -2.33. The summed E-state index contributed by atoms with van der Waals surface area (Å²) in [5.74, 6) is 1.67. The van der Waals surface area contributed by atoms with Crippen LogP contribution in [0.1, 0.15) is 51.3 Å². The molecule has 16 heavy (non-hydrogen) atoms. The van der Waals surface area contributed by atoms with Gasteiger partial charge in [-0.3, -0.25) is 0 Å². The number of nitrogens with zero attached hydrogens (tertiary/aromatic N) is 1. The quantitative estimate of drug-likeness (QED) is 0.866. The van der Waals surface area contributed by atoms with Crippen LogP contribution >= 0.6 is 11.3 Å². The fourth-order valence-corrected chi connectivity index (χ4v) is 3.48. The zero-order valence-corrected chi connectivity index (χ0v) is 11.1. The first-order valence-corrected chi connectivity index (χ1v) is 7.37. The Morgan fingerprint density at radius 1 is 1.56 bits per heavy atom. The Labute approximate surface area is 102 Å². The van der Waals surface area contributed by atoms with Crippen molar-refractivity contribution < 1.29 is 0 Å². The molecular formula is C13H22N2S. The summed E-state index contributed by atoms with van der Waals surface area (Å²) in [5.41, 5.74) is 3.21. The first-order chi connectivity index (χ1) is 7.81. The van der Waals surface area contributed by atoms with E-state index in [0.717, 1.165) is 18.4 Å². The van der Waals surface area contributed by atoms with E-state index in [4.69, 9.17) is 0 Å². The highest BCUT2D eigenvalue weighted by atomic mass is 32.1. The third-order valence-corrected chi connectivity index (χ3v) is 4.25. The molecule has 0 amide bonds. The summed E-state index contributed by atoms with van der Waals surface area (Å²) >= 11 is 1.71. The Hall–Kier alpha value is -0.410. The van der Waals surface area contributed by atoms with Crippen molar-refractivity contribution in [3.63, 3.8) is 0 Å². The first-order valence-electron chi connectivity index (χ1n) is 6.42. The topological polar surface area (TPSA) is 24.9 Å². The van der Waals surface area contributed by atoms with Crippen LogP contribution in [0.2, 0.25) is 0 Å². The summed E-state index contributed by atoms with van der Waals surface area (Å²) in [5, 5.41) is 5.82. The molecule has 90 valence electrons. The fraction of sp³-hybridized carbons (Fsp3) is 0.769. The molecule has 1 fully saturated rings. The lowest BCUT2D eigenvalue weighted by molar-refractivity contribution is 0.223. The number of hydrogen-bond donors (Lipinski definition) is 1. The van der Waals surface area contributed by atoms with E-state index in [1.165, 1.54) is 31.4 Å². The minimum atomic E-state index is 0.485. The third kappa shape index (κ3) is 2.83. The van der Waals surface area contributed by atoms with Gasteiger partial charge in [0.15, 0.2) is 0 Å². The van der Waals surface area contributed by atoms with Crippen LogP contribution in [0.5, 0.6) is 0 Å². The van der Waals surface area contributed by atoms with Gasteiger partial charge in [-0.05, 0) is 31.2 Å². The van der Waals surface area contributed by atoms with Crippen LogP contribution in [0.15, 0.2) is 10.9 Å². The van der Waals surface area contributed by atoms with Crippen molar-refractivity contribution in [1.82, 2.24) is 10.3 Å². The molecule has 3 unspecified atom stereocenters. The highest BCUT2D eigenvalue weighted by Crippen LogP contribution is 2.36. The lowest BCUT2D eigenvalue weighted by atomic mass is 9.78. The highest BCUT2D eigenvalue weighted by Gasteiger charge is 2.28. The molecule has 0 aliphatic heterocycles. The summed E-state index contributed by atoms with van der Waals surface area (Å²) < 4.78 is 0. The smallest absolute Gasteiger partial charge is 0.0795 e. The van der Waals surface area contributed by atoms with Gasteiger partial charge in [0.2, 0.25) is 0 Å². The van der Waals surface area contributed by atoms with Crippen molar-refractivity contribution in [1.29, 1.82) is 0 Å². The summed E-state index contributed by atoms with van der Waals surface area (Å²) in [6.45, 7) is 5.61. The van der Waals surface area contributed by atoms with E-state index in [-0.39, 0.29) is 0 Å². The Balaban J connectivity index is 2.06. The Bertz CT molecular complexity index is 297. The van der Waals surface area contributed by atoms with Crippen molar-refractivity contribution in [3.8, 4) is 0 Å². The number of aromatic nitrogens is 1. The molecule has 1 aromatic rings. The average Bonchev–Trinajstić information content (AvgIpc) is 2.79. The Morgan fingerprint density at radius 3 is 3.06 bits per heavy atom. The molecule has 3 heteroatoms. The maximum Gasteiger partial charge on any atom is 0.0795 e. The minimum Gasteiger partial charge on any atom is -0.309 e. The molecule has 0 spiro atoms. The molecule has 1 aliphatic rings. The molecule has 1 saturated carbocycles. The van der Waals surface area contributed by atoms with E-state index in [2.05, 4.69) is 29.5 Å². The molecule has 2 nitrogen and oxygen atoms in total. The normalized spacial score (nSPS) is 27.9. The van der Waals surface area contributed by atoms with Gasteiger partial charge in [0.05, 0.1) is 17.2 Å². The van der Waals surface area contributed by atoms with Gasteiger partial charge < -0.3 is 5.32 Å². The van der Waals surface area contributed by atoms with Crippen molar-refractivity contribution in [2.45, 2.75) is 45.6 Å². The SMILES string of the molecule is CCNC(c1cscn1)C1CCCC(C)C1. The van der Waals surface area contributed by atoms with Gasteiger partial charge in [-0.15, -0.1) is 11.3 Å². The second kappa shape index (κ2) is 5.78. The zero-order chi connectivity index (χ0) is 11.4. The Morgan fingerprint density at radius 2 is 2.44 bits per heavy atom. The number of rotatable bonds is 4. The molecular weight excluding hydrogens is 216 g/mol.